The van der Waals surface area contributed by atoms with Crippen molar-refractivity contribution < 1.29 is 14.3 Å². The van der Waals surface area contributed by atoms with E-state index in [-0.39, 0.29) is 24.5 Å². The number of aryl methyl sites for hydroxylation is 1. The van der Waals surface area contributed by atoms with Gasteiger partial charge in [0, 0.05) is 12.6 Å². The van der Waals surface area contributed by atoms with E-state index in [9.17, 15) is 9.59 Å². The first-order valence-corrected chi connectivity index (χ1v) is 10.2. The van der Waals surface area contributed by atoms with Gasteiger partial charge in [0.1, 0.15) is 11.8 Å². The summed E-state index contributed by atoms with van der Waals surface area (Å²) in [6, 6.07) is 14.2. The van der Waals surface area contributed by atoms with Crippen molar-refractivity contribution in [3.63, 3.8) is 0 Å². The minimum atomic E-state index is -0.633. The van der Waals surface area contributed by atoms with Crippen LogP contribution in [0.15, 0.2) is 48.5 Å². The van der Waals surface area contributed by atoms with Crippen molar-refractivity contribution in [2.45, 2.75) is 52.7 Å². The van der Waals surface area contributed by atoms with Crippen molar-refractivity contribution >= 4 is 23.4 Å². The van der Waals surface area contributed by atoms with E-state index in [1.807, 2.05) is 45.0 Å². The van der Waals surface area contributed by atoms with Crippen LogP contribution in [-0.4, -0.2) is 35.4 Å². The molecule has 0 spiro atoms. The molecule has 2 atom stereocenters. The zero-order valence-electron chi connectivity index (χ0n) is 17.4. The first kappa shape index (κ1) is 22.8. The Balaban J connectivity index is 2.18. The Morgan fingerprint density at radius 3 is 2.41 bits per heavy atom. The molecule has 0 aromatic heterocycles. The Morgan fingerprint density at radius 1 is 1.10 bits per heavy atom. The largest absolute Gasteiger partial charge is 0.482 e. The van der Waals surface area contributed by atoms with Crippen molar-refractivity contribution in [3.05, 3.63) is 64.7 Å². The fraction of sp³-hybridized carbons (Fsp3) is 0.391. The summed E-state index contributed by atoms with van der Waals surface area (Å²) in [7, 11) is 0. The van der Waals surface area contributed by atoms with Gasteiger partial charge in [-0.2, -0.15) is 0 Å². The molecule has 0 unspecified atom stereocenters. The third-order valence-corrected chi connectivity index (χ3v) is 5.27. The summed E-state index contributed by atoms with van der Waals surface area (Å²) in [6.07, 6.45) is 0.819. The maximum absolute atomic E-state index is 13.0. The van der Waals surface area contributed by atoms with Crippen molar-refractivity contribution in [2.75, 3.05) is 6.61 Å². The summed E-state index contributed by atoms with van der Waals surface area (Å²) >= 11 is 6.11. The Kier molecular flexibility index (Phi) is 8.52. The molecule has 5 nitrogen and oxygen atoms in total. The normalized spacial score (nSPS) is 12.7. The molecule has 2 rings (SSSR count). The quantitative estimate of drug-likeness (QED) is 0.660. The second-order valence-electron chi connectivity index (χ2n) is 7.16. The highest BCUT2D eigenvalue weighted by Crippen LogP contribution is 2.23. The van der Waals surface area contributed by atoms with Gasteiger partial charge in [0.15, 0.2) is 6.61 Å². The molecule has 0 fully saturated rings. The minimum absolute atomic E-state index is 0.0414. The lowest BCUT2D eigenvalue weighted by Crippen LogP contribution is -2.50. The zero-order chi connectivity index (χ0) is 21.4. The van der Waals surface area contributed by atoms with Crippen LogP contribution in [0.4, 0.5) is 0 Å². The number of rotatable bonds is 9. The van der Waals surface area contributed by atoms with E-state index in [0.717, 1.165) is 17.5 Å². The number of halogens is 1. The molecule has 0 aliphatic rings. The van der Waals surface area contributed by atoms with Crippen molar-refractivity contribution in [1.29, 1.82) is 0 Å². The van der Waals surface area contributed by atoms with Crippen LogP contribution in [-0.2, 0) is 16.1 Å². The second kappa shape index (κ2) is 10.9. The smallest absolute Gasteiger partial charge is 0.261 e. The molecule has 0 saturated heterocycles. The number of nitrogens with zero attached hydrogens (tertiary/aromatic N) is 1. The summed E-state index contributed by atoms with van der Waals surface area (Å²) < 4.78 is 5.62. The SMILES string of the molecule is CC[C@@H](C)NC(=O)[C@H](C)N(Cc1ccccc1C)C(=O)COc1ccccc1Cl. The molecular weight excluding hydrogens is 388 g/mol. The summed E-state index contributed by atoms with van der Waals surface area (Å²) in [5.41, 5.74) is 2.05. The molecular formula is C23H29ClN2O3. The predicted octanol–water partition coefficient (Wildman–Crippen LogP) is 4.36. The minimum Gasteiger partial charge on any atom is -0.482 e. The van der Waals surface area contributed by atoms with Crippen LogP contribution in [0, 0.1) is 6.92 Å². The lowest BCUT2D eigenvalue weighted by Gasteiger charge is -2.30. The summed E-state index contributed by atoms with van der Waals surface area (Å²) in [5.74, 6) is -0.0194. The van der Waals surface area contributed by atoms with E-state index in [4.69, 9.17) is 16.3 Å². The number of benzene rings is 2. The van der Waals surface area contributed by atoms with E-state index >= 15 is 0 Å². The van der Waals surface area contributed by atoms with Gasteiger partial charge in [-0.25, -0.2) is 0 Å². The number of hydrogen-bond donors (Lipinski definition) is 1. The first-order chi connectivity index (χ1) is 13.8. The number of hydrogen-bond acceptors (Lipinski definition) is 3. The van der Waals surface area contributed by atoms with Gasteiger partial charge in [0.05, 0.1) is 5.02 Å². The lowest BCUT2D eigenvalue weighted by molar-refractivity contribution is -0.142. The van der Waals surface area contributed by atoms with Crippen LogP contribution < -0.4 is 10.1 Å². The molecule has 2 amide bonds. The highest BCUT2D eigenvalue weighted by atomic mass is 35.5. The van der Waals surface area contributed by atoms with Crippen LogP contribution in [0.2, 0.25) is 5.02 Å². The standard InChI is InChI=1S/C23H29ClN2O3/c1-5-17(3)25-23(28)18(4)26(14-19-11-7-6-10-16(19)2)22(27)15-29-21-13-9-8-12-20(21)24/h6-13,17-18H,5,14-15H2,1-4H3,(H,25,28)/t17-,18+/m1/s1. The third kappa shape index (κ3) is 6.50. The molecule has 1 N–H and O–H groups in total. The van der Waals surface area contributed by atoms with Gasteiger partial charge < -0.3 is 15.0 Å². The lowest BCUT2D eigenvalue weighted by atomic mass is 10.1. The van der Waals surface area contributed by atoms with Crippen LogP contribution in [0.25, 0.3) is 0 Å². The fourth-order valence-corrected chi connectivity index (χ4v) is 2.99. The Labute approximate surface area is 178 Å². The van der Waals surface area contributed by atoms with E-state index in [2.05, 4.69) is 5.32 Å². The highest BCUT2D eigenvalue weighted by molar-refractivity contribution is 6.32. The average molecular weight is 417 g/mol. The zero-order valence-corrected chi connectivity index (χ0v) is 18.2. The van der Waals surface area contributed by atoms with Gasteiger partial charge in [-0.15, -0.1) is 0 Å². The van der Waals surface area contributed by atoms with Crippen molar-refractivity contribution in [2.24, 2.45) is 0 Å². The monoisotopic (exact) mass is 416 g/mol. The molecule has 156 valence electrons. The molecule has 2 aromatic rings. The predicted molar refractivity (Wildman–Crippen MR) is 116 cm³/mol. The number of carbonyl (C=O) groups excluding carboxylic acids is 2. The van der Waals surface area contributed by atoms with E-state index in [0.29, 0.717) is 17.3 Å². The first-order valence-electron chi connectivity index (χ1n) is 9.85. The fourth-order valence-electron chi connectivity index (χ4n) is 2.80. The molecule has 6 heteroatoms. The van der Waals surface area contributed by atoms with Gasteiger partial charge in [0.25, 0.3) is 5.91 Å². The molecule has 0 aliphatic heterocycles. The second-order valence-corrected chi connectivity index (χ2v) is 7.57. The van der Waals surface area contributed by atoms with E-state index < -0.39 is 6.04 Å². The van der Waals surface area contributed by atoms with E-state index in [1.54, 1.807) is 36.1 Å². The van der Waals surface area contributed by atoms with Crippen LogP contribution in [0.5, 0.6) is 5.75 Å². The van der Waals surface area contributed by atoms with Gasteiger partial charge >= 0.3 is 0 Å². The molecule has 0 bridgehead atoms. The highest BCUT2D eigenvalue weighted by Gasteiger charge is 2.27. The molecule has 0 aliphatic carbocycles. The van der Waals surface area contributed by atoms with Crippen LogP contribution in [0.1, 0.15) is 38.3 Å². The van der Waals surface area contributed by atoms with Gasteiger partial charge in [0.2, 0.25) is 5.91 Å². The molecule has 0 heterocycles. The van der Waals surface area contributed by atoms with Crippen LogP contribution in [0.3, 0.4) is 0 Å². The van der Waals surface area contributed by atoms with E-state index in [1.165, 1.54) is 0 Å². The Hall–Kier alpha value is -2.53. The Morgan fingerprint density at radius 2 is 1.76 bits per heavy atom. The topological polar surface area (TPSA) is 58.6 Å². The maximum Gasteiger partial charge on any atom is 0.261 e. The number of nitrogens with one attached hydrogen (secondary N) is 1. The van der Waals surface area contributed by atoms with Crippen molar-refractivity contribution in [3.8, 4) is 5.75 Å². The number of carbonyl (C=O) groups is 2. The average Bonchev–Trinajstić information content (AvgIpc) is 2.71. The van der Waals surface area contributed by atoms with Crippen LogP contribution >= 0.6 is 11.6 Å². The summed E-state index contributed by atoms with van der Waals surface area (Å²) in [4.78, 5) is 27.3. The number of ether oxygens (including phenoxy) is 1. The number of amides is 2. The maximum atomic E-state index is 13.0. The summed E-state index contributed by atoms with van der Waals surface area (Å²) in [5, 5.41) is 3.39. The summed E-state index contributed by atoms with van der Waals surface area (Å²) in [6.45, 7) is 7.80. The third-order valence-electron chi connectivity index (χ3n) is 4.96. The molecule has 2 aromatic carbocycles. The molecule has 29 heavy (non-hydrogen) atoms. The Bertz CT molecular complexity index is 840. The van der Waals surface area contributed by atoms with Gasteiger partial charge in [-0.05, 0) is 50.5 Å². The molecule has 0 saturated carbocycles. The van der Waals surface area contributed by atoms with Gasteiger partial charge in [-0.3, -0.25) is 9.59 Å². The number of para-hydroxylation sites is 1. The molecule has 0 radical (unpaired) electrons. The van der Waals surface area contributed by atoms with Crippen molar-refractivity contribution in [1.82, 2.24) is 10.2 Å². The van der Waals surface area contributed by atoms with Gasteiger partial charge in [-0.1, -0.05) is 54.9 Å².